The molecule has 5 nitrogen and oxygen atoms in total. The zero-order valence-corrected chi connectivity index (χ0v) is 13.8. The van der Waals surface area contributed by atoms with Crippen molar-refractivity contribution in [2.75, 3.05) is 0 Å². The molecule has 2 N–H and O–H groups in total. The minimum absolute atomic E-state index is 0.00755. The van der Waals surface area contributed by atoms with Crippen molar-refractivity contribution in [2.45, 2.75) is 26.3 Å². The standard InChI is InChI=1S/C16H16BrNO4/c1-3-13-11(16(20)21)8-14(22-13)15(19)18-9(2)10-6-4-5-7-12(10)17/h4-9H,3H2,1-2H3,(H,18,19)(H,20,21). The van der Waals surface area contributed by atoms with Crippen molar-refractivity contribution < 1.29 is 19.1 Å². The Morgan fingerprint density at radius 2 is 2.05 bits per heavy atom. The third kappa shape index (κ3) is 3.39. The fourth-order valence-electron chi connectivity index (χ4n) is 2.16. The number of hydrogen-bond acceptors (Lipinski definition) is 3. The maximum Gasteiger partial charge on any atom is 0.339 e. The lowest BCUT2D eigenvalue weighted by Gasteiger charge is -2.14. The Kier molecular flexibility index (Phi) is 5.03. The highest BCUT2D eigenvalue weighted by molar-refractivity contribution is 9.10. The third-order valence-electron chi connectivity index (χ3n) is 3.30. The number of furan rings is 1. The van der Waals surface area contributed by atoms with Crippen LogP contribution in [0.1, 0.15) is 52.1 Å². The highest BCUT2D eigenvalue weighted by atomic mass is 79.9. The van der Waals surface area contributed by atoms with Gasteiger partial charge >= 0.3 is 5.97 Å². The molecule has 6 heteroatoms. The van der Waals surface area contributed by atoms with E-state index in [0.29, 0.717) is 12.2 Å². The summed E-state index contributed by atoms with van der Waals surface area (Å²) in [4.78, 5) is 23.3. The Morgan fingerprint density at radius 1 is 1.36 bits per heavy atom. The molecule has 116 valence electrons. The largest absolute Gasteiger partial charge is 0.478 e. The van der Waals surface area contributed by atoms with Gasteiger partial charge in [0.05, 0.1) is 6.04 Å². The number of benzene rings is 1. The molecule has 0 bridgehead atoms. The number of carbonyl (C=O) groups is 2. The lowest BCUT2D eigenvalue weighted by Crippen LogP contribution is -2.26. The average Bonchev–Trinajstić information content (AvgIpc) is 2.92. The van der Waals surface area contributed by atoms with Crippen LogP contribution in [-0.2, 0) is 6.42 Å². The van der Waals surface area contributed by atoms with E-state index in [1.54, 1.807) is 6.92 Å². The van der Waals surface area contributed by atoms with E-state index in [0.717, 1.165) is 10.0 Å². The molecule has 0 fully saturated rings. The lowest BCUT2D eigenvalue weighted by atomic mass is 10.1. The van der Waals surface area contributed by atoms with Gasteiger partial charge in [0.25, 0.3) is 5.91 Å². The van der Waals surface area contributed by atoms with Crippen LogP contribution in [0.5, 0.6) is 0 Å². The topological polar surface area (TPSA) is 79.5 Å². The lowest BCUT2D eigenvalue weighted by molar-refractivity contribution is 0.0694. The third-order valence-corrected chi connectivity index (χ3v) is 4.03. The number of hydrogen-bond donors (Lipinski definition) is 2. The summed E-state index contributed by atoms with van der Waals surface area (Å²) in [6.07, 6.45) is 0.411. The first-order valence-electron chi connectivity index (χ1n) is 6.85. The van der Waals surface area contributed by atoms with Gasteiger partial charge in [-0.3, -0.25) is 4.79 Å². The summed E-state index contributed by atoms with van der Waals surface area (Å²) < 4.78 is 6.24. The van der Waals surface area contributed by atoms with E-state index in [1.165, 1.54) is 6.07 Å². The van der Waals surface area contributed by atoms with Crippen molar-refractivity contribution in [3.8, 4) is 0 Å². The van der Waals surface area contributed by atoms with E-state index in [2.05, 4.69) is 21.2 Å². The van der Waals surface area contributed by atoms with E-state index in [9.17, 15) is 9.59 Å². The number of carbonyl (C=O) groups excluding carboxylic acids is 1. The molecule has 0 saturated heterocycles. The maximum absolute atomic E-state index is 12.2. The normalized spacial score (nSPS) is 12.0. The van der Waals surface area contributed by atoms with Gasteiger partial charge in [-0.05, 0) is 18.6 Å². The summed E-state index contributed by atoms with van der Waals surface area (Å²) in [7, 11) is 0. The van der Waals surface area contributed by atoms with E-state index < -0.39 is 11.9 Å². The summed E-state index contributed by atoms with van der Waals surface area (Å²) in [5.41, 5.74) is 0.956. The second kappa shape index (κ2) is 6.79. The molecule has 2 rings (SSSR count). The molecule has 0 aliphatic carbocycles. The summed E-state index contributed by atoms with van der Waals surface area (Å²) in [6.45, 7) is 3.62. The SMILES string of the molecule is CCc1oc(C(=O)NC(C)c2ccccc2Br)cc1C(=O)O. The van der Waals surface area contributed by atoms with Crippen LogP contribution in [0, 0.1) is 0 Å². The highest BCUT2D eigenvalue weighted by Crippen LogP contribution is 2.23. The molecule has 1 amide bonds. The van der Waals surface area contributed by atoms with Gasteiger partial charge in [0.15, 0.2) is 5.76 Å². The summed E-state index contributed by atoms with van der Waals surface area (Å²) in [6, 6.07) is 8.59. The molecule has 22 heavy (non-hydrogen) atoms. The first kappa shape index (κ1) is 16.3. The number of aryl methyl sites for hydroxylation is 1. The quantitative estimate of drug-likeness (QED) is 0.844. The molecule has 1 atom stereocenters. The zero-order chi connectivity index (χ0) is 16.3. The van der Waals surface area contributed by atoms with E-state index in [1.807, 2.05) is 31.2 Å². The van der Waals surface area contributed by atoms with Crippen molar-refractivity contribution in [1.29, 1.82) is 0 Å². The van der Waals surface area contributed by atoms with E-state index in [4.69, 9.17) is 9.52 Å². The smallest absolute Gasteiger partial charge is 0.339 e. The Bertz CT molecular complexity index is 708. The van der Waals surface area contributed by atoms with Crippen molar-refractivity contribution in [3.05, 3.63) is 57.5 Å². The molecule has 0 spiro atoms. The van der Waals surface area contributed by atoms with Crippen LogP contribution in [0.15, 0.2) is 39.2 Å². The van der Waals surface area contributed by atoms with E-state index in [-0.39, 0.29) is 17.4 Å². The number of halogens is 1. The fraction of sp³-hybridized carbons (Fsp3) is 0.250. The maximum atomic E-state index is 12.2. The summed E-state index contributed by atoms with van der Waals surface area (Å²) in [5.74, 6) is -1.23. The van der Waals surface area contributed by atoms with Crippen LogP contribution >= 0.6 is 15.9 Å². The average molecular weight is 366 g/mol. The van der Waals surface area contributed by atoms with Crippen LogP contribution in [-0.4, -0.2) is 17.0 Å². The molecule has 0 radical (unpaired) electrons. The Hall–Kier alpha value is -2.08. The minimum Gasteiger partial charge on any atom is -0.478 e. The Balaban J connectivity index is 2.19. The second-order valence-corrected chi connectivity index (χ2v) is 5.68. The predicted molar refractivity (Wildman–Crippen MR) is 85.1 cm³/mol. The van der Waals surface area contributed by atoms with Gasteiger partial charge in [0.2, 0.25) is 0 Å². The summed E-state index contributed by atoms with van der Waals surface area (Å²) in [5, 5.41) is 11.9. The van der Waals surface area contributed by atoms with Crippen molar-refractivity contribution in [1.82, 2.24) is 5.32 Å². The molecule has 0 aliphatic rings. The number of aromatic carboxylic acids is 1. The van der Waals surface area contributed by atoms with Gasteiger partial charge in [-0.2, -0.15) is 0 Å². The van der Waals surface area contributed by atoms with E-state index >= 15 is 0 Å². The Morgan fingerprint density at radius 3 is 2.59 bits per heavy atom. The van der Waals surface area contributed by atoms with Crippen LogP contribution in [0.4, 0.5) is 0 Å². The molecule has 0 aliphatic heterocycles. The van der Waals surface area contributed by atoms with Gasteiger partial charge < -0.3 is 14.8 Å². The number of amides is 1. The van der Waals surface area contributed by atoms with Crippen molar-refractivity contribution in [2.24, 2.45) is 0 Å². The molecule has 1 heterocycles. The van der Waals surface area contributed by atoms with Gasteiger partial charge in [-0.25, -0.2) is 4.79 Å². The second-order valence-electron chi connectivity index (χ2n) is 4.82. The minimum atomic E-state index is -1.10. The molecule has 1 aromatic carbocycles. The van der Waals surface area contributed by atoms with Crippen molar-refractivity contribution >= 4 is 27.8 Å². The number of carboxylic acids is 1. The molecule has 0 saturated carbocycles. The number of nitrogens with one attached hydrogen (secondary N) is 1. The molecular weight excluding hydrogens is 350 g/mol. The number of rotatable bonds is 5. The zero-order valence-electron chi connectivity index (χ0n) is 12.2. The van der Waals surface area contributed by atoms with Gasteiger partial charge in [0, 0.05) is 17.0 Å². The first-order valence-corrected chi connectivity index (χ1v) is 7.64. The predicted octanol–water partition coefficient (Wildman–Crippen LogP) is 3.79. The van der Waals surface area contributed by atoms with Crippen molar-refractivity contribution in [3.63, 3.8) is 0 Å². The molecule has 1 unspecified atom stereocenters. The van der Waals surface area contributed by atoms with Gasteiger partial charge in [-0.15, -0.1) is 0 Å². The van der Waals surface area contributed by atoms with Crippen LogP contribution in [0.2, 0.25) is 0 Å². The number of carboxylic acid groups (broad SMARTS) is 1. The molecule has 2 aromatic rings. The molecular formula is C16H16BrNO4. The summed E-state index contributed by atoms with van der Waals surface area (Å²) >= 11 is 3.44. The van der Waals surface area contributed by atoms with Gasteiger partial charge in [0.1, 0.15) is 11.3 Å². The fourth-order valence-corrected chi connectivity index (χ4v) is 2.78. The molecule has 1 aromatic heterocycles. The monoisotopic (exact) mass is 365 g/mol. The van der Waals surface area contributed by atoms with Crippen LogP contribution in [0.25, 0.3) is 0 Å². The van der Waals surface area contributed by atoms with Crippen LogP contribution in [0.3, 0.4) is 0 Å². The first-order chi connectivity index (χ1) is 10.4. The van der Waals surface area contributed by atoms with Gasteiger partial charge in [-0.1, -0.05) is 41.1 Å². The Labute approximate surface area is 136 Å². The van der Waals surface area contributed by atoms with Crippen LogP contribution < -0.4 is 5.32 Å². The highest BCUT2D eigenvalue weighted by Gasteiger charge is 2.21.